The fourth-order valence-corrected chi connectivity index (χ4v) is 3.04. The Kier molecular flexibility index (Phi) is 6.86. The molecule has 0 amide bonds. The van der Waals surface area contributed by atoms with Crippen molar-refractivity contribution in [3.8, 4) is 0 Å². The maximum absolute atomic E-state index is 3.78. The third-order valence-electron chi connectivity index (χ3n) is 4.27. The number of benzene rings is 1. The lowest BCUT2D eigenvalue weighted by atomic mass is 10.00. The molecule has 0 heterocycles. The van der Waals surface area contributed by atoms with Crippen LogP contribution in [0.3, 0.4) is 0 Å². The zero-order valence-corrected chi connectivity index (χ0v) is 12.9. The predicted molar refractivity (Wildman–Crippen MR) is 87.9 cm³/mol. The largest absolute Gasteiger partial charge is 0.310 e. The summed E-state index contributed by atoms with van der Waals surface area (Å²) in [5, 5.41) is 3.78. The zero-order chi connectivity index (χ0) is 14.0. The highest BCUT2D eigenvalue weighted by Crippen LogP contribution is 2.22. The molecule has 1 N–H and O–H groups in total. The number of allylic oxidation sites excluding steroid dienone is 1. The van der Waals surface area contributed by atoms with Gasteiger partial charge in [0.25, 0.3) is 0 Å². The van der Waals surface area contributed by atoms with E-state index in [0.717, 1.165) is 6.54 Å². The first-order chi connectivity index (χ1) is 9.90. The lowest BCUT2D eigenvalue weighted by Gasteiger charge is -2.19. The lowest BCUT2D eigenvalue weighted by molar-refractivity contribution is 0.476. The van der Waals surface area contributed by atoms with Gasteiger partial charge in [0.2, 0.25) is 0 Å². The lowest BCUT2D eigenvalue weighted by Crippen LogP contribution is -2.22. The van der Waals surface area contributed by atoms with Gasteiger partial charge in [0, 0.05) is 6.04 Å². The Labute approximate surface area is 124 Å². The minimum Gasteiger partial charge on any atom is -0.310 e. The third-order valence-corrected chi connectivity index (χ3v) is 4.27. The maximum atomic E-state index is 3.78. The second-order valence-electron chi connectivity index (χ2n) is 5.92. The third kappa shape index (κ3) is 5.13. The van der Waals surface area contributed by atoms with Crippen LogP contribution in [0.2, 0.25) is 0 Å². The van der Waals surface area contributed by atoms with Crippen LogP contribution < -0.4 is 5.32 Å². The Hall–Kier alpha value is -1.08. The highest BCUT2D eigenvalue weighted by Gasteiger charge is 2.11. The maximum Gasteiger partial charge on any atom is 0.0320 e. The highest BCUT2D eigenvalue weighted by molar-refractivity contribution is 5.19. The quantitative estimate of drug-likeness (QED) is 0.468. The van der Waals surface area contributed by atoms with Gasteiger partial charge in [0.05, 0.1) is 0 Å². The summed E-state index contributed by atoms with van der Waals surface area (Å²) >= 11 is 0. The van der Waals surface area contributed by atoms with Crippen molar-refractivity contribution in [3.63, 3.8) is 0 Å². The highest BCUT2D eigenvalue weighted by atomic mass is 14.9. The Morgan fingerprint density at radius 2 is 2.00 bits per heavy atom. The summed E-state index contributed by atoms with van der Waals surface area (Å²) in [5.74, 6) is 0. The number of rotatable bonds is 9. The van der Waals surface area contributed by atoms with Gasteiger partial charge in [-0.1, -0.05) is 68.2 Å². The first-order valence-electron chi connectivity index (χ1n) is 8.36. The van der Waals surface area contributed by atoms with E-state index >= 15 is 0 Å². The van der Waals surface area contributed by atoms with Gasteiger partial charge in [-0.05, 0) is 44.2 Å². The fourth-order valence-electron chi connectivity index (χ4n) is 3.04. The average molecular weight is 271 g/mol. The predicted octanol–water partition coefficient (Wildman–Crippen LogP) is 5.40. The Balaban J connectivity index is 1.82. The number of hydrogen-bond donors (Lipinski definition) is 1. The molecule has 0 spiro atoms. The molecule has 0 bridgehead atoms. The summed E-state index contributed by atoms with van der Waals surface area (Å²) in [6.45, 7) is 3.40. The van der Waals surface area contributed by atoms with Crippen LogP contribution in [0.25, 0.3) is 0 Å². The molecular formula is C19H29N. The van der Waals surface area contributed by atoms with Crippen molar-refractivity contribution in [1.82, 2.24) is 5.32 Å². The molecule has 1 unspecified atom stereocenters. The second kappa shape index (κ2) is 8.97. The van der Waals surface area contributed by atoms with Crippen LogP contribution in [0.5, 0.6) is 0 Å². The van der Waals surface area contributed by atoms with E-state index < -0.39 is 0 Å². The molecule has 1 aliphatic rings. The minimum atomic E-state index is 0.532. The molecule has 0 saturated heterocycles. The molecule has 0 aliphatic heterocycles. The molecule has 1 atom stereocenters. The second-order valence-corrected chi connectivity index (χ2v) is 5.92. The van der Waals surface area contributed by atoms with Gasteiger partial charge >= 0.3 is 0 Å². The van der Waals surface area contributed by atoms with E-state index in [1.54, 1.807) is 5.57 Å². The molecule has 20 heavy (non-hydrogen) atoms. The average Bonchev–Trinajstić information content (AvgIpc) is 3.00. The summed E-state index contributed by atoms with van der Waals surface area (Å²) in [4.78, 5) is 0. The van der Waals surface area contributed by atoms with Gasteiger partial charge in [-0.25, -0.2) is 0 Å². The zero-order valence-electron chi connectivity index (χ0n) is 12.9. The Morgan fingerprint density at radius 3 is 2.70 bits per heavy atom. The monoisotopic (exact) mass is 271 g/mol. The SMILES string of the molecule is CCCCCC(NCCC1=CCCC1)c1ccccc1. The summed E-state index contributed by atoms with van der Waals surface area (Å²) < 4.78 is 0. The first kappa shape index (κ1) is 15.3. The summed E-state index contributed by atoms with van der Waals surface area (Å²) in [6, 6.07) is 11.5. The van der Waals surface area contributed by atoms with E-state index in [1.807, 2.05) is 0 Å². The van der Waals surface area contributed by atoms with Crippen LogP contribution in [-0.4, -0.2) is 6.54 Å². The molecule has 1 nitrogen and oxygen atoms in total. The topological polar surface area (TPSA) is 12.0 Å². The van der Waals surface area contributed by atoms with E-state index in [2.05, 4.69) is 48.6 Å². The molecule has 1 aromatic rings. The van der Waals surface area contributed by atoms with E-state index in [9.17, 15) is 0 Å². The molecule has 1 heteroatoms. The van der Waals surface area contributed by atoms with Crippen LogP contribution in [0.4, 0.5) is 0 Å². The van der Waals surface area contributed by atoms with Gasteiger partial charge in [0.1, 0.15) is 0 Å². The Bertz CT molecular complexity index is 393. The fraction of sp³-hybridized carbons (Fsp3) is 0.579. The normalized spacial score (nSPS) is 16.1. The molecule has 0 saturated carbocycles. The van der Waals surface area contributed by atoms with Crippen molar-refractivity contribution < 1.29 is 0 Å². The van der Waals surface area contributed by atoms with Gasteiger partial charge in [-0.15, -0.1) is 0 Å². The van der Waals surface area contributed by atoms with E-state index in [0.29, 0.717) is 6.04 Å². The van der Waals surface area contributed by atoms with Crippen LogP contribution in [0, 0.1) is 0 Å². The van der Waals surface area contributed by atoms with Crippen molar-refractivity contribution in [2.75, 3.05) is 6.54 Å². The molecule has 2 rings (SSSR count). The van der Waals surface area contributed by atoms with Crippen LogP contribution in [0.15, 0.2) is 42.0 Å². The molecule has 110 valence electrons. The summed E-state index contributed by atoms with van der Waals surface area (Å²) in [7, 11) is 0. The van der Waals surface area contributed by atoms with Gasteiger partial charge < -0.3 is 5.32 Å². The molecular weight excluding hydrogens is 242 g/mol. The van der Waals surface area contributed by atoms with E-state index in [-0.39, 0.29) is 0 Å². The summed E-state index contributed by atoms with van der Waals surface area (Å²) in [5.41, 5.74) is 3.11. The number of nitrogens with one attached hydrogen (secondary N) is 1. The minimum absolute atomic E-state index is 0.532. The van der Waals surface area contributed by atoms with Crippen molar-refractivity contribution >= 4 is 0 Å². The molecule has 1 aromatic carbocycles. The van der Waals surface area contributed by atoms with Crippen molar-refractivity contribution in [2.45, 2.75) is 64.3 Å². The van der Waals surface area contributed by atoms with Gasteiger partial charge in [0.15, 0.2) is 0 Å². The van der Waals surface area contributed by atoms with Crippen LogP contribution >= 0.6 is 0 Å². The molecule has 1 aliphatic carbocycles. The number of hydrogen-bond acceptors (Lipinski definition) is 1. The summed E-state index contributed by atoms with van der Waals surface area (Å²) in [6.07, 6.45) is 12.9. The molecule has 0 aromatic heterocycles. The smallest absolute Gasteiger partial charge is 0.0320 e. The first-order valence-corrected chi connectivity index (χ1v) is 8.36. The van der Waals surface area contributed by atoms with E-state index in [4.69, 9.17) is 0 Å². The van der Waals surface area contributed by atoms with Gasteiger partial charge in [-0.2, -0.15) is 0 Å². The van der Waals surface area contributed by atoms with Crippen molar-refractivity contribution in [1.29, 1.82) is 0 Å². The standard InChI is InChI=1S/C19H29N/c1-2-3-5-14-19(18-12-6-4-7-13-18)20-16-15-17-10-8-9-11-17/h4,6-7,10,12-13,19-20H,2-3,5,8-9,11,14-16H2,1H3. The van der Waals surface area contributed by atoms with Crippen molar-refractivity contribution in [3.05, 3.63) is 47.5 Å². The number of unbranched alkanes of at least 4 members (excludes halogenated alkanes) is 2. The van der Waals surface area contributed by atoms with Crippen molar-refractivity contribution in [2.24, 2.45) is 0 Å². The molecule has 0 radical (unpaired) electrons. The molecule has 0 fully saturated rings. The van der Waals surface area contributed by atoms with E-state index in [1.165, 1.54) is 56.9 Å². The van der Waals surface area contributed by atoms with Gasteiger partial charge in [-0.3, -0.25) is 0 Å². The van der Waals surface area contributed by atoms with Crippen LogP contribution in [-0.2, 0) is 0 Å². The van der Waals surface area contributed by atoms with Crippen LogP contribution in [0.1, 0.15) is 69.9 Å². The Morgan fingerprint density at radius 1 is 1.15 bits per heavy atom.